The first-order chi connectivity index (χ1) is 9.42. The van der Waals surface area contributed by atoms with Crippen LogP contribution in [0.15, 0.2) is 12.1 Å². The van der Waals surface area contributed by atoms with E-state index in [4.69, 9.17) is 11.6 Å². The molecule has 0 unspecified atom stereocenters. The highest BCUT2D eigenvalue weighted by Gasteiger charge is 2.16. The van der Waals surface area contributed by atoms with Gasteiger partial charge in [-0.3, -0.25) is 0 Å². The Balaban J connectivity index is 2.58. The van der Waals surface area contributed by atoms with Gasteiger partial charge in [-0.1, -0.05) is 17.7 Å². The van der Waals surface area contributed by atoms with Crippen LogP contribution < -0.4 is 4.90 Å². The summed E-state index contributed by atoms with van der Waals surface area (Å²) in [7, 11) is 0. The number of nitrogens with zero attached hydrogens (tertiary/aromatic N) is 4. The lowest BCUT2D eigenvalue weighted by Crippen LogP contribution is -2.21. The molecule has 0 radical (unpaired) electrons. The first kappa shape index (κ1) is 14.7. The van der Waals surface area contributed by atoms with Gasteiger partial charge in [-0.15, -0.1) is 0 Å². The Morgan fingerprint density at radius 3 is 2.10 bits per heavy atom. The molecule has 4 nitrogen and oxygen atoms in total. The van der Waals surface area contributed by atoms with Crippen LogP contribution in [-0.2, 0) is 0 Å². The van der Waals surface area contributed by atoms with Crippen molar-refractivity contribution in [1.82, 2.24) is 15.0 Å². The van der Waals surface area contributed by atoms with Crippen LogP contribution in [0.3, 0.4) is 0 Å². The fraction of sp³-hybridized carbons (Fsp3) is 0.400. The first-order valence-corrected chi connectivity index (χ1v) is 7.03. The molecule has 0 saturated carbocycles. The molecular weight excluding hydrogens is 272 g/mol. The minimum absolute atomic E-state index is 0.230. The summed E-state index contributed by atoms with van der Waals surface area (Å²) in [5, 5.41) is 0.230. The molecule has 0 atom stereocenters. The lowest BCUT2D eigenvalue weighted by Gasteiger charge is -2.25. The largest absolute Gasteiger partial charge is 0.310 e. The van der Waals surface area contributed by atoms with E-state index in [1.54, 1.807) is 0 Å². The van der Waals surface area contributed by atoms with E-state index < -0.39 is 0 Å². The van der Waals surface area contributed by atoms with Crippen LogP contribution in [0.5, 0.6) is 0 Å². The number of aromatic nitrogens is 3. The second-order valence-electron chi connectivity index (χ2n) is 4.94. The third kappa shape index (κ3) is 2.90. The Labute approximate surface area is 124 Å². The van der Waals surface area contributed by atoms with E-state index in [0.29, 0.717) is 11.8 Å². The molecular formula is C15H19ClN4. The minimum Gasteiger partial charge on any atom is -0.310 e. The molecule has 0 aliphatic carbocycles. The molecule has 0 fully saturated rings. The van der Waals surface area contributed by atoms with Crippen molar-refractivity contribution in [2.75, 3.05) is 11.4 Å². The van der Waals surface area contributed by atoms with Crippen LogP contribution >= 0.6 is 11.6 Å². The number of rotatable bonds is 3. The van der Waals surface area contributed by atoms with Gasteiger partial charge in [-0.2, -0.15) is 9.97 Å². The molecule has 1 aromatic carbocycles. The molecule has 106 valence electrons. The molecule has 0 bridgehead atoms. The number of aryl methyl sites for hydroxylation is 4. The van der Waals surface area contributed by atoms with Crippen molar-refractivity contribution >= 4 is 23.2 Å². The molecule has 1 heterocycles. The van der Waals surface area contributed by atoms with Crippen LogP contribution in [0.25, 0.3) is 0 Å². The lowest BCUT2D eigenvalue weighted by atomic mass is 10.0. The smallest absolute Gasteiger partial charge is 0.234 e. The zero-order chi connectivity index (χ0) is 14.9. The predicted molar refractivity (Wildman–Crippen MR) is 82.9 cm³/mol. The summed E-state index contributed by atoms with van der Waals surface area (Å²) in [6.07, 6.45) is 0. The fourth-order valence-electron chi connectivity index (χ4n) is 2.55. The van der Waals surface area contributed by atoms with E-state index in [-0.39, 0.29) is 5.28 Å². The molecule has 0 amide bonds. The van der Waals surface area contributed by atoms with E-state index in [2.05, 4.69) is 59.7 Å². The van der Waals surface area contributed by atoms with Crippen molar-refractivity contribution in [3.8, 4) is 0 Å². The van der Waals surface area contributed by atoms with E-state index >= 15 is 0 Å². The molecule has 2 rings (SSSR count). The maximum atomic E-state index is 5.95. The van der Waals surface area contributed by atoms with E-state index in [1.807, 2.05) is 6.92 Å². The Bertz CT molecular complexity index is 597. The third-order valence-electron chi connectivity index (χ3n) is 3.17. The van der Waals surface area contributed by atoms with Crippen LogP contribution in [0, 0.1) is 27.7 Å². The van der Waals surface area contributed by atoms with Crippen molar-refractivity contribution in [2.24, 2.45) is 0 Å². The summed E-state index contributed by atoms with van der Waals surface area (Å²) in [5.74, 6) is 1.22. The summed E-state index contributed by atoms with van der Waals surface area (Å²) >= 11 is 5.95. The Morgan fingerprint density at radius 1 is 1.00 bits per heavy atom. The maximum Gasteiger partial charge on any atom is 0.234 e. The SMILES string of the molecule is CCN(c1nc(C)nc(Cl)n1)c1c(C)cc(C)cc1C. The molecule has 2 aromatic rings. The van der Waals surface area contributed by atoms with E-state index in [9.17, 15) is 0 Å². The van der Waals surface area contributed by atoms with Crippen molar-refractivity contribution in [3.63, 3.8) is 0 Å². The highest BCUT2D eigenvalue weighted by atomic mass is 35.5. The second-order valence-corrected chi connectivity index (χ2v) is 5.28. The lowest BCUT2D eigenvalue weighted by molar-refractivity contribution is 0.887. The van der Waals surface area contributed by atoms with Gasteiger partial charge in [0, 0.05) is 12.2 Å². The van der Waals surface area contributed by atoms with Crippen LogP contribution in [0.4, 0.5) is 11.6 Å². The van der Waals surface area contributed by atoms with Gasteiger partial charge in [0.1, 0.15) is 5.82 Å². The van der Waals surface area contributed by atoms with Gasteiger partial charge in [0.25, 0.3) is 0 Å². The summed E-state index contributed by atoms with van der Waals surface area (Å²) in [6, 6.07) is 4.33. The number of benzene rings is 1. The number of hydrogen-bond donors (Lipinski definition) is 0. The average molecular weight is 291 g/mol. The van der Waals surface area contributed by atoms with Crippen molar-refractivity contribution in [3.05, 3.63) is 39.9 Å². The first-order valence-electron chi connectivity index (χ1n) is 6.66. The average Bonchev–Trinajstić information content (AvgIpc) is 2.32. The zero-order valence-corrected chi connectivity index (χ0v) is 13.3. The molecule has 0 saturated heterocycles. The van der Waals surface area contributed by atoms with Gasteiger partial charge in [0.05, 0.1) is 0 Å². The predicted octanol–water partition coefficient (Wildman–Crippen LogP) is 3.92. The summed E-state index contributed by atoms with van der Waals surface area (Å²) in [6.45, 7) is 11.0. The summed E-state index contributed by atoms with van der Waals surface area (Å²) in [5.41, 5.74) is 4.81. The van der Waals surface area contributed by atoms with Crippen LogP contribution in [-0.4, -0.2) is 21.5 Å². The number of anilines is 2. The molecule has 1 aromatic heterocycles. The van der Waals surface area contributed by atoms with Crippen molar-refractivity contribution < 1.29 is 0 Å². The molecule has 5 heteroatoms. The summed E-state index contributed by atoms with van der Waals surface area (Å²) < 4.78 is 0. The topological polar surface area (TPSA) is 41.9 Å². The fourth-order valence-corrected chi connectivity index (χ4v) is 2.75. The van der Waals surface area contributed by atoms with Gasteiger partial charge in [0.2, 0.25) is 11.2 Å². The summed E-state index contributed by atoms with van der Waals surface area (Å²) in [4.78, 5) is 14.8. The normalized spacial score (nSPS) is 10.7. The second kappa shape index (κ2) is 5.75. The quantitative estimate of drug-likeness (QED) is 0.859. The Kier molecular flexibility index (Phi) is 4.23. The van der Waals surface area contributed by atoms with E-state index in [1.165, 1.54) is 16.7 Å². The highest BCUT2D eigenvalue weighted by molar-refractivity contribution is 6.28. The highest BCUT2D eigenvalue weighted by Crippen LogP contribution is 2.30. The van der Waals surface area contributed by atoms with Gasteiger partial charge >= 0.3 is 0 Å². The monoisotopic (exact) mass is 290 g/mol. The maximum absolute atomic E-state index is 5.95. The molecule has 0 N–H and O–H groups in total. The van der Waals surface area contributed by atoms with Gasteiger partial charge < -0.3 is 4.90 Å². The van der Waals surface area contributed by atoms with Crippen LogP contribution in [0.2, 0.25) is 5.28 Å². The molecule has 0 aliphatic heterocycles. The van der Waals surface area contributed by atoms with Crippen molar-refractivity contribution in [1.29, 1.82) is 0 Å². The number of hydrogen-bond acceptors (Lipinski definition) is 4. The van der Waals surface area contributed by atoms with Gasteiger partial charge in [0.15, 0.2) is 0 Å². The zero-order valence-electron chi connectivity index (χ0n) is 12.5. The minimum atomic E-state index is 0.230. The third-order valence-corrected chi connectivity index (χ3v) is 3.34. The van der Waals surface area contributed by atoms with Crippen LogP contribution in [0.1, 0.15) is 29.4 Å². The Hall–Kier alpha value is -1.68. The van der Waals surface area contributed by atoms with Crippen molar-refractivity contribution in [2.45, 2.75) is 34.6 Å². The van der Waals surface area contributed by atoms with Gasteiger partial charge in [-0.25, -0.2) is 4.98 Å². The van der Waals surface area contributed by atoms with E-state index in [0.717, 1.165) is 12.2 Å². The van der Waals surface area contributed by atoms with Gasteiger partial charge in [-0.05, 0) is 57.3 Å². The molecule has 0 aliphatic rings. The molecule has 20 heavy (non-hydrogen) atoms. The number of halogens is 1. The standard InChI is InChI=1S/C15H19ClN4/c1-6-20(15-18-12(5)17-14(16)19-15)13-10(3)7-9(2)8-11(13)4/h7-8H,6H2,1-5H3. The Morgan fingerprint density at radius 2 is 1.60 bits per heavy atom. The molecule has 0 spiro atoms.